The molecule has 0 aliphatic carbocycles. The Bertz CT molecular complexity index is 525. The van der Waals surface area contributed by atoms with Gasteiger partial charge in [0.1, 0.15) is 11.6 Å². The van der Waals surface area contributed by atoms with Crippen LogP contribution in [0.25, 0.3) is 0 Å². The molecule has 1 aromatic carbocycles. The molecule has 1 N–H and O–H groups in total. The third-order valence-corrected chi connectivity index (χ3v) is 3.37. The number of pyridine rings is 1. The molecule has 0 radical (unpaired) electrons. The molecule has 0 fully saturated rings. The molecular weight excluding hydrogens is 258 g/mol. The molecule has 21 heavy (non-hydrogen) atoms. The first-order valence-corrected chi connectivity index (χ1v) is 7.88. The number of benzene rings is 1. The molecule has 0 saturated heterocycles. The second-order valence-corrected chi connectivity index (χ2v) is 5.15. The third kappa shape index (κ3) is 4.48. The van der Waals surface area contributed by atoms with E-state index in [2.05, 4.69) is 60.5 Å². The fraction of sp³-hybridized carbons (Fsp3) is 0.389. The molecule has 112 valence electrons. The second-order valence-electron chi connectivity index (χ2n) is 5.15. The summed E-state index contributed by atoms with van der Waals surface area (Å²) in [4.78, 5) is 7.05. The molecule has 0 aliphatic heterocycles. The number of hydrogen-bond acceptors (Lipinski definition) is 3. The predicted octanol–water partition coefficient (Wildman–Crippen LogP) is 4.84. The molecule has 0 amide bonds. The molecule has 0 unspecified atom stereocenters. The maximum Gasteiger partial charge on any atom is 0.135 e. The van der Waals surface area contributed by atoms with Crippen LogP contribution >= 0.6 is 0 Å². The summed E-state index contributed by atoms with van der Waals surface area (Å²) >= 11 is 0. The Morgan fingerprint density at radius 3 is 2.48 bits per heavy atom. The van der Waals surface area contributed by atoms with Crippen molar-refractivity contribution < 1.29 is 0 Å². The van der Waals surface area contributed by atoms with Crippen molar-refractivity contribution in [2.75, 3.05) is 23.3 Å². The van der Waals surface area contributed by atoms with Gasteiger partial charge < -0.3 is 10.2 Å². The Labute approximate surface area is 128 Å². The molecule has 2 rings (SSSR count). The van der Waals surface area contributed by atoms with E-state index in [9.17, 15) is 0 Å². The van der Waals surface area contributed by atoms with Crippen LogP contribution < -0.4 is 10.2 Å². The highest BCUT2D eigenvalue weighted by Crippen LogP contribution is 2.25. The van der Waals surface area contributed by atoms with Gasteiger partial charge in [0.25, 0.3) is 0 Å². The number of hydrogen-bond donors (Lipinski definition) is 1. The lowest BCUT2D eigenvalue weighted by Crippen LogP contribution is -2.19. The summed E-state index contributed by atoms with van der Waals surface area (Å²) in [6.07, 6.45) is 3.43. The van der Waals surface area contributed by atoms with Gasteiger partial charge in [0.2, 0.25) is 0 Å². The van der Waals surface area contributed by atoms with Gasteiger partial charge in [0.15, 0.2) is 0 Å². The van der Waals surface area contributed by atoms with Crippen LogP contribution in [0.3, 0.4) is 0 Å². The van der Waals surface area contributed by atoms with E-state index in [-0.39, 0.29) is 0 Å². The summed E-state index contributed by atoms with van der Waals surface area (Å²) in [6, 6.07) is 16.7. The van der Waals surface area contributed by atoms with Gasteiger partial charge in [0.05, 0.1) is 0 Å². The van der Waals surface area contributed by atoms with Crippen molar-refractivity contribution in [1.82, 2.24) is 4.98 Å². The van der Waals surface area contributed by atoms with Crippen LogP contribution in [0.2, 0.25) is 0 Å². The molecule has 0 saturated carbocycles. The van der Waals surface area contributed by atoms with E-state index in [4.69, 9.17) is 4.98 Å². The zero-order valence-electron chi connectivity index (χ0n) is 13.0. The minimum absolute atomic E-state index is 0.951. The van der Waals surface area contributed by atoms with E-state index in [1.165, 1.54) is 12.1 Å². The van der Waals surface area contributed by atoms with E-state index in [0.29, 0.717) is 0 Å². The quantitative estimate of drug-likeness (QED) is 0.751. The largest absolute Gasteiger partial charge is 0.370 e. The maximum atomic E-state index is 4.75. The van der Waals surface area contributed by atoms with Crippen LogP contribution in [0.5, 0.6) is 0 Å². The molecule has 1 aromatic heterocycles. The molecule has 3 nitrogen and oxygen atoms in total. The molecule has 3 heteroatoms. The molecule has 0 aliphatic rings. The number of nitrogens with zero attached hydrogens (tertiary/aromatic N) is 2. The SMILES string of the molecule is CCCCN(c1ccccc1)c1cccc(NCCC)n1. The van der Waals surface area contributed by atoms with Crippen LogP contribution in [-0.4, -0.2) is 18.1 Å². The first-order valence-electron chi connectivity index (χ1n) is 7.88. The average Bonchev–Trinajstić information content (AvgIpc) is 2.55. The number of para-hydroxylation sites is 1. The van der Waals surface area contributed by atoms with Crippen molar-refractivity contribution in [1.29, 1.82) is 0 Å². The number of rotatable bonds is 8. The van der Waals surface area contributed by atoms with Gasteiger partial charge in [-0.1, -0.05) is 44.5 Å². The van der Waals surface area contributed by atoms with Crippen molar-refractivity contribution in [3.63, 3.8) is 0 Å². The molecule has 0 atom stereocenters. The molecule has 0 spiro atoms. The summed E-state index contributed by atoms with van der Waals surface area (Å²) in [5.41, 5.74) is 1.20. The second kappa shape index (κ2) is 8.30. The van der Waals surface area contributed by atoms with Crippen LogP contribution in [0.1, 0.15) is 33.1 Å². The molecule has 0 bridgehead atoms. The van der Waals surface area contributed by atoms with Gasteiger partial charge in [0, 0.05) is 18.8 Å². The van der Waals surface area contributed by atoms with E-state index >= 15 is 0 Å². The maximum absolute atomic E-state index is 4.75. The monoisotopic (exact) mass is 283 g/mol. The smallest absolute Gasteiger partial charge is 0.135 e. The Morgan fingerprint density at radius 1 is 0.952 bits per heavy atom. The molecule has 2 aromatic rings. The Hall–Kier alpha value is -2.03. The fourth-order valence-electron chi connectivity index (χ4n) is 2.23. The average molecular weight is 283 g/mol. The van der Waals surface area contributed by atoms with Crippen LogP contribution in [-0.2, 0) is 0 Å². The van der Waals surface area contributed by atoms with Crippen molar-refractivity contribution in [3.05, 3.63) is 48.5 Å². The lowest BCUT2D eigenvalue weighted by molar-refractivity contribution is 0.779. The first-order chi connectivity index (χ1) is 10.3. The van der Waals surface area contributed by atoms with Gasteiger partial charge >= 0.3 is 0 Å². The molecule has 1 heterocycles. The van der Waals surface area contributed by atoms with E-state index in [1.54, 1.807) is 0 Å². The topological polar surface area (TPSA) is 28.2 Å². The number of unbranched alkanes of at least 4 members (excludes halogenated alkanes) is 1. The minimum Gasteiger partial charge on any atom is -0.370 e. The lowest BCUT2D eigenvalue weighted by atomic mass is 10.2. The zero-order valence-corrected chi connectivity index (χ0v) is 13.0. The summed E-state index contributed by atoms with van der Waals surface area (Å²) < 4.78 is 0. The number of aromatic nitrogens is 1. The summed E-state index contributed by atoms with van der Waals surface area (Å²) in [6.45, 7) is 6.33. The Kier molecular flexibility index (Phi) is 6.07. The van der Waals surface area contributed by atoms with Crippen LogP contribution in [0, 0.1) is 0 Å². The van der Waals surface area contributed by atoms with Crippen molar-refractivity contribution in [2.24, 2.45) is 0 Å². The van der Waals surface area contributed by atoms with Crippen LogP contribution in [0.4, 0.5) is 17.3 Å². The van der Waals surface area contributed by atoms with Gasteiger partial charge in [-0.15, -0.1) is 0 Å². The van der Waals surface area contributed by atoms with Crippen molar-refractivity contribution in [2.45, 2.75) is 33.1 Å². The first kappa shape index (κ1) is 15.4. The molecular formula is C18H25N3. The standard InChI is InChI=1S/C18H25N3/c1-3-5-15-21(16-10-7-6-8-11-16)18-13-9-12-17(20-18)19-14-4-2/h6-13H,3-5,14-15H2,1-2H3,(H,19,20). The minimum atomic E-state index is 0.951. The number of anilines is 3. The highest BCUT2D eigenvalue weighted by atomic mass is 15.2. The van der Waals surface area contributed by atoms with E-state index in [1.807, 2.05) is 12.1 Å². The normalized spacial score (nSPS) is 10.4. The Morgan fingerprint density at radius 2 is 1.76 bits per heavy atom. The van der Waals surface area contributed by atoms with E-state index in [0.717, 1.165) is 37.6 Å². The summed E-state index contributed by atoms with van der Waals surface area (Å²) in [5.74, 6) is 1.96. The summed E-state index contributed by atoms with van der Waals surface area (Å²) in [7, 11) is 0. The predicted molar refractivity (Wildman–Crippen MR) is 91.4 cm³/mol. The lowest BCUT2D eigenvalue weighted by Gasteiger charge is -2.24. The summed E-state index contributed by atoms with van der Waals surface area (Å²) in [5, 5.41) is 3.36. The van der Waals surface area contributed by atoms with Gasteiger partial charge in [-0.3, -0.25) is 0 Å². The fourth-order valence-corrected chi connectivity index (χ4v) is 2.23. The van der Waals surface area contributed by atoms with Gasteiger partial charge in [-0.05, 0) is 37.1 Å². The van der Waals surface area contributed by atoms with Crippen molar-refractivity contribution in [3.8, 4) is 0 Å². The van der Waals surface area contributed by atoms with E-state index < -0.39 is 0 Å². The zero-order chi connectivity index (χ0) is 14.9. The van der Waals surface area contributed by atoms with Crippen LogP contribution in [0.15, 0.2) is 48.5 Å². The van der Waals surface area contributed by atoms with Gasteiger partial charge in [-0.2, -0.15) is 0 Å². The van der Waals surface area contributed by atoms with Gasteiger partial charge in [-0.25, -0.2) is 4.98 Å². The highest BCUT2D eigenvalue weighted by Gasteiger charge is 2.10. The highest BCUT2D eigenvalue weighted by molar-refractivity contribution is 5.61. The third-order valence-electron chi connectivity index (χ3n) is 3.37. The van der Waals surface area contributed by atoms with Crippen molar-refractivity contribution >= 4 is 17.3 Å². The Balaban J connectivity index is 2.23. The number of nitrogens with one attached hydrogen (secondary N) is 1.